The molecule has 6 heteroatoms. The quantitative estimate of drug-likeness (QED) is 0.541. The first kappa shape index (κ1) is 16.1. The second kappa shape index (κ2) is 6.46. The van der Waals surface area contributed by atoms with Crippen LogP contribution in [-0.2, 0) is 6.54 Å². The summed E-state index contributed by atoms with van der Waals surface area (Å²) >= 11 is 3.23. The third-order valence-corrected chi connectivity index (χ3v) is 5.89. The molecule has 0 saturated carbocycles. The summed E-state index contributed by atoms with van der Waals surface area (Å²) in [5.41, 5.74) is 1.71. The van der Waals surface area contributed by atoms with Crippen molar-refractivity contribution < 1.29 is 9.21 Å². The van der Waals surface area contributed by atoms with Gasteiger partial charge in [-0.1, -0.05) is 12.1 Å². The summed E-state index contributed by atoms with van der Waals surface area (Å²) in [4.78, 5) is 19.1. The van der Waals surface area contributed by atoms with Crippen LogP contribution in [-0.4, -0.2) is 10.9 Å². The number of carbonyl (C=O) groups excluding carboxylic acids is 1. The van der Waals surface area contributed by atoms with Crippen LogP contribution in [0.3, 0.4) is 0 Å². The lowest BCUT2D eigenvalue weighted by Gasteiger charge is -2.02. The molecule has 1 amide bonds. The van der Waals surface area contributed by atoms with Crippen LogP contribution in [0.1, 0.15) is 25.9 Å². The maximum absolute atomic E-state index is 12.3. The Kier molecular flexibility index (Phi) is 4.15. The number of benzene rings is 1. The van der Waals surface area contributed by atoms with E-state index in [0.29, 0.717) is 12.3 Å². The molecular weight excluding hydrogens is 352 g/mol. The van der Waals surface area contributed by atoms with Gasteiger partial charge in [0.2, 0.25) is 0 Å². The number of hydrogen-bond donors (Lipinski definition) is 1. The van der Waals surface area contributed by atoms with Crippen LogP contribution in [0.4, 0.5) is 0 Å². The number of hydrogen-bond acceptors (Lipinski definition) is 5. The number of fused-ring (bicyclic) bond motifs is 1. The number of thiazole rings is 1. The number of thiophene rings is 1. The number of aromatic nitrogens is 1. The van der Waals surface area contributed by atoms with Gasteiger partial charge in [0.25, 0.3) is 5.91 Å². The van der Waals surface area contributed by atoms with Crippen LogP contribution >= 0.6 is 22.7 Å². The first-order valence-electron chi connectivity index (χ1n) is 7.90. The van der Waals surface area contributed by atoms with E-state index in [1.165, 1.54) is 0 Å². The fourth-order valence-electron chi connectivity index (χ4n) is 2.68. The molecule has 0 aliphatic rings. The van der Waals surface area contributed by atoms with Crippen LogP contribution in [0.25, 0.3) is 21.0 Å². The molecule has 0 bridgehead atoms. The van der Waals surface area contributed by atoms with Gasteiger partial charge < -0.3 is 9.73 Å². The molecule has 3 aromatic heterocycles. The van der Waals surface area contributed by atoms with E-state index in [9.17, 15) is 4.79 Å². The standard InChI is InChI=1S/C19H16N2O2S2/c1-11-9-14(12(2)24-11)18(22)20-10-13-7-8-16(23-13)19-21-15-5-3-4-6-17(15)25-19/h3-9H,10H2,1-2H3,(H,20,22). The molecule has 0 aliphatic carbocycles. The van der Waals surface area contributed by atoms with Crippen molar-refractivity contribution in [3.8, 4) is 10.8 Å². The van der Waals surface area contributed by atoms with Crippen LogP contribution in [0, 0.1) is 13.8 Å². The zero-order valence-electron chi connectivity index (χ0n) is 13.8. The van der Waals surface area contributed by atoms with Gasteiger partial charge in [-0.3, -0.25) is 4.79 Å². The summed E-state index contributed by atoms with van der Waals surface area (Å²) in [7, 11) is 0. The molecule has 4 aromatic rings. The van der Waals surface area contributed by atoms with Crippen molar-refractivity contribution in [2.75, 3.05) is 0 Å². The zero-order chi connectivity index (χ0) is 17.4. The monoisotopic (exact) mass is 368 g/mol. The van der Waals surface area contributed by atoms with Gasteiger partial charge in [0, 0.05) is 9.75 Å². The van der Waals surface area contributed by atoms with Crippen molar-refractivity contribution in [1.29, 1.82) is 0 Å². The number of para-hydroxylation sites is 1. The average molecular weight is 368 g/mol. The minimum absolute atomic E-state index is 0.0696. The Bertz CT molecular complexity index is 1030. The van der Waals surface area contributed by atoms with Crippen molar-refractivity contribution in [3.05, 3.63) is 63.5 Å². The van der Waals surface area contributed by atoms with Gasteiger partial charge in [-0.25, -0.2) is 4.98 Å². The van der Waals surface area contributed by atoms with E-state index < -0.39 is 0 Å². The van der Waals surface area contributed by atoms with Crippen molar-refractivity contribution in [3.63, 3.8) is 0 Å². The average Bonchev–Trinajstić information content (AvgIpc) is 3.29. The first-order chi connectivity index (χ1) is 12.1. The van der Waals surface area contributed by atoms with E-state index in [1.807, 2.05) is 56.3 Å². The number of carbonyl (C=O) groups is 1. The zero-order valence-corrected chi connectivity index (χ0v) is 15.5. The Labute approximate surface area is 153 Å². The Morgan fingerprint density at radius 2 is 2.00 bits per heavy atom. The number of rotatable bonds is 4. The van der Waals surface area contributed by atoms with Crippen LogP contribution < -0.4 is 5.32 Å². The van der Waals surface area contributed by atoms with Gasteiger partial charge in [-0.15, -0.1) is 22.7 Å². The summed E-state index contributed by atoms with van der Waals surface area (Å²) < 4.78 is 6.99. The van der Waals surface area contributed by atoms with Crippen molar-refractivity contribution >= 4 is 38.8 Å². The second-order valence-corrected chi connectivity index (χ2v) is 8.25. The van der Waals surface area contributed by atoms with Crippen molar-refractivity contribution in [1.82, 2.24) is 10.3 Å². The number of aryl methyl sites for hydroxylation is 2. The summed E-state index contributed by atoms with van der Waals surface area (Å²) in [6.07, 6.45) is 0. The van der Waals surface area contributed by atoms with Crippen LogP contribution in [0.2, 0.25) is 0 Å². The fraction of sp³-hybridized carbons (Fsp3) is 0.158. The van der Waals surface area contributed by atoms with Gasteiger partial charge >= 0.3 is 0 Å². The number of amides is 1. The summed E-state index contributed by atoms with van der Waals surface area (Å²) in [6.45, 7) is 4.33. The summed E-state index contributed by atoms with van der Waals surface area (Å²) in [5, 5.41) is 3.77. The van der Waals surface area contributed by atoms with Gasteiger partial charge in [-0.2, -0.15) is 0 Å². The highest BCUT2D eigenvalue weighted by atomic mass is 32.1. The molecule has 0 radical (unpaired) electrons. The largest absolute Gasteiger partial charge is 0.457 e. The molecule has 1 aromatic carbocycles. The lowest BCUT2D eigenvalue weighted by Crippen LogP contribution is -2.22. The van der Waals surface area contributed by atoms with E-state index >= 15 is 0 Å². The Hall–Kier alpha value is -2.44. The lowest BCUT2D eigenvalue weighted by atomic mass is 10.2. The highest BCUT2D eigenvalue weighted by Gasteiger charge is 2.14. The molecule has 0 spiro atoms. The molecule has 0 fully saturated rings. The molecule has 4 rings (SSSR count). The van der Waals surface area contributed by atoms with Crippen LogP contribution in [0.5, 0.6) is 0 Å². The second-order valence-electron chi connectivity index (χ2n) is 5.76. The smallest absolute Gasteiger partial charge is 0.252 e. The van der Waals surface area contributed by atoms with Crippen molar-refractivity contribution in [2.45, 2.75) is 20.4 Å². The summed E-state index contributed by atoms with van der Waals surface area (Å²) in [6, 6.07) is 13.7. The molecule has 126 valence electrons. The van der Waals surface area contributed by atoms with E-state index in [0.717, 1.165) is 36.3 Å². The lowest BCUT2D eigenvalue weighted by molar-refractivity contribution is 0.0948. The molecule has 0 atom stereocenters. The van der Waals surface area contributed by atoms with Crippen molar-refractivity contribution in [2.24, 2.45) is 0 Å². The molecule has 25 heavy (non-hydrogen) atoms. The number of furan rings is 1. The number of nitrogens with one attached hydrogen (secondary N) is 1. The van der Waals surface area contributed by atoms with E-state index in [4.69, 9.17) is 4.42 Å². The van der Waals surface area contributed by atoms with E-state index in [2.05, 4.69) is 10.3 Å². The van der Waals surface area contributed by atoms with E-state index in [-0.39, 0.29) is 5.91 Å². The fourth-order valence-corrected chi connectivity index (χ4v) is 4.53. The number of nitrogens with zero attached hydrogens (tertiary/aromatic N) is 1. The normalized spacial score (nSPS) is 11.1. The van der Waals surface area contributed by atoms with Crippen LogP contribution in [0.15, 0.2) is 46.9 Å². The maximum Gasteiger partial charge on any atom is 0.252 e. The Morgan fingerprint density at radius 3 is 2.76 bits per heavy atom. The third-order valence-electron chi connectivity index (χ3n) is 3.88. The summed E-state index contributed by atoms with van der Waals surface area (Å²) in [5.74, 6) is 1.38. The SMILES string of the molecule is Cc1cc(C(=O)NCc2ccc(-c3nc4ccccc4s3)o2)c(C)s1. The molecule has 0 unspecified atom stereocenters. The predicted octanol–water partition coefficient (Wildman–Crippen LogP) is 5.16. The predicted molar refractivity (Wildman–Crippen MR) is 102 cm³/mol. The Morgan fingerprint density at radius 1 is 1.16 bits per heavy atom. The van der Waals surface area contributed by atoms with E-state index in [1.54, 1.807) is 22.7 Å². The minimum Gasteiger partial charge on any atom is -0.457 e. The molecule has 0 aliphatic heterocycles. The molecule has 1 N–H and O–H groups in total. The molecule has 0 saturated heterocycles. The highest BCUT2D eigenvalue weighted by molar-refractivity contribution is 7.21. The molecule has 4 nitrogen and oxygen atoms in total. The Balaban J connectivity index is 1.48. The molecule has 3 heterocycles. The van der Waals surface area contributed by atoms with Gasteiger partial charge in [0.15, 0.2) is 10.8 Å². The third kappa shape index (κ3) is 3.23. The maximum atomic E-state index is 12.3. The van der Waals surface area contributed by atoms with Gasteiger partial charge in [0.1, 0.15) is 5.76 Å². The molecular formula is C19H16N2O2S2. The highest BCUT2D eigenvalue weighted by Crippen LogP contribution is 2.31. The minimum atomic E-state index is -0.0696. The van der Waals surface area contributed by atoms with Gasteiger partial charge in [0.05, 0.1) is 22.3 Å². The first-order valence-corrected chi connectivity index (χ1v) is 9.53. The van der Waals surface area contributed by atoms with Gasteiger partial charge in [-0.05, 0) is 44.2 Å². The topological polar surface area (TPSA) is 55.1 Å².